The number of carbonyl (C=O) groups excluding carboxylic acids is 3. The second-order valence-electron chi connectivity index (χ2n) is 6.91. The quantitative estimate of drug-likeness (QED) is 0.444. The number of benzene rings is 2. The molecule has 0 saturated heterocycles. The van der Waals surface area contributed by atoms with Crippen LogP contribution in [-0.2, 0) is 11.3 Å². The number of nitrogens with zero attached hydrogens (tertiary/aromatic N) is 4. The Morgan fingerprint density at radius 2 is 1.76 bits per heavy atom. The van der Waals surface area contributed by atoms with E-state index in [2.05, 4.69) is 15.4 Å². The fourth-order valence-corrected chi connectivity index (χ4v) is 3.25. The smallest absolute Gasteiger partial charge is 0.293 e. The lowest BCUT2D eigenvalue weighted by Crippen LogP contribution is -2.30. The maximum atomic E-state index is 13.3. The molecule has 34 heavy (non-hydrogen) atoms. The first-order valence-electron chi connectivity index (χ1n) is 9.46. The van der Waals surface area contributed by atoms with Gasteiger partial charge in [0.15, 0.2) is 11.6 Å². The predicted molar refractivity (Wildman–Crippen MR) is 131 cm³/mol. The maximum Gasteiger partial charge on any atom is 0.293 e. The molecule has 2 amide bonds. The molecule has 0 aliphatic rings. The van der Waals surface area contributed by atoms with Crippen molar-refractivity contribution in [3.63, 3.8) is 0 Å². The van der Waals surface area contributed by atoms with Crippen molar-refractivity contribution < 1.29 is 19.9 Å². The minimum atomic E-state index is -0.442. The highest BCUT2D eigenvalue weighted by molar-refractivity contribution is 6.35. The van der Waals surface area contributed by atoms with Crippen LogP contribution in [0.2, 0.25) is 10.0 Å². The van der Waals surface area contributed by atoms with Crippen LogP contribution in [0, 0.1) is 0 Å². The minimum absolute atomic E-state index is 0. The van der Waals surface area contributed by atoms with Crippen LogP contribution in [0.25, 0.3) is 5.69 Å². The molecule has 182 valence electrons. The van der Waals surface area contributed by atoms with Gasteiger partial charge in [-0.3, -0.25) is 14.4 Å². The zero-order valence-electron chi connectivity index (χ0n) is 18.2. The first-order valence-corrected chi connectivity index (χ1v) is 10.2. The molecule has 0 atom stereocenters. The molecule has 2 aromatic carbocycles. The van der Waals surface area contributed by atoms with E-state index in [1.807, 2.05) is 0 Å². The number of rotatable bonds is 7. The summed E-state index contributed by atoms with van der Waals surface area (Å²) in [5.41, 5.74) is 6.15. The fourth-order valence-electron chi connectivity index (χ4n) is 2.86. The summed E-state index contributed by atoms with van der Waals surface area (Å²) in [7, 11) is 3.13. The van der Waals surface area contributed by atoms with Crippen molar-refractivity contribution in [2.45, 2.75) is 6.54 Å². The molecule has 13 heteroatoms. The van der Waals surface area contributed by atoms with Crippen molar-refractivity contribution in [3.8, 4) is 5.69 Å². The molecule has 0 radical (unpaired) electrons. The van der Waals surface area contributed by atoms with Crippen LogP contribution in [0.5, 0.6) is 0 Å². The van der Waals surface area contributed by atoms with Crippen molar-refractivity contribution in [1.29, 1.82) is 0 Å². The maximum absolute atomic E-state index is 13.3. The molecular weight excluding hydrogens is 507 g/mol. The molecule has 1 heterocycles. The molecule has 0 unspecified atom stereocenters. The third-order valence-electron chi connectivity index (χ3n) is 4.45. The Morgan fingerprint density at radius 1 is 1.09 bits per heavy atom. The highest BCUT2D eigenvalue weighted by Gasteiger charge is 2.24. The van der Waals surface area contributed by atoms with Gasteiger partial charge in [-0.2, -0.15) is 0 Å². The van der Waals surface area contributed by atoms with Crippen molar-refractivity contribution in [1.82, 2.24) is 25.0 Å². The fraction of sp³-hybridized carbons (Fsp3) is 0.190. The molecule has 3 rings (SSSR count). The summed E-state index contributed by atoms with van der Waals surface area (Å²) in [6, 6.07) is 11.3. The number of halogens is 3. The molecule has 3 aromatic rings. The van der Waals surface area contributed by atoms with Gasteiger partial charge in [-0.15, -0.1) is 17.5 Å². The number of hydrogen-bond donors (Lipinski definition) is 2. The number of ketones is 1. The van der Waals surface area contributed by atoms with Gasteiger partial charge in [-0.05, 0) is 30.3 Å². The van der Waals surface area contributed by atoms with Crippen LogP contribution in [0.3, 0.4) is 0 Å². The molecule has 0 aliphatic heterocycles. The van der Waals surface area contributed by atoms with Crippen molar-refractivity contribution >= 4 is 53.2 Å². The molecule has 5 N–H and O–H groups in total. The van der Waals surface area contributed by atoms with E-state index in [1.54, 1.807) is 50.5 Å². The molecular formula is C21H23Cl3N6O4. The van der Waals surface area contributed by atoms with E-state index in [-0.39, 0.29) is 64.6 Å². The Hall–Kier alpha value is -3.02. The number of carbonyl (C=O) groups is 3. The normalized spacial score (nSPS) is 10.0. The van der Waals surface area contributed by atoms with E-state index in [0.717, 1.165) is 0 Å². The van der Waals surface area contributed by atoms with Gasteiger partial charge in [-0.1, -0.05) is 35.3 Å². The lowest BCUT2D eigenvalue weighted by atomic mass is 10.0. The van der Waals surface area contributed by atoms with Crippen LogP contribution in [0.4, 0.5) is 0 Å². The largest absolute Gasteiger partial charge is 0.412 e. The molecule has 0 saturated carbocycles. The molecule has 0 bridgehead atoms. The van der Waals surface area contributed by atoms with Gasteiger partial charge in [0, 0.05) is 30.2 Å². The Balaban J connectivity index is 0.00000289. The second-order valence-corrected chi connectivity index (χ2v) is 7.76. The first kappa shape index (κ1) is 29.0. The number of aromatic nitrogens is 3. The van der Waals surface area contributed by atoms with E-state index in [1.165, 1.54) is 15.6 Å². The minimum Gasteiger partial charge on any atom is -0.412 e. The summed E-state index contributed by atoms with van der Waals surface area (Å²) >= 11 is 12.4. The molecule has 0 aliphatic carbocycles. The monoisotopic (exact) mass is 528 g/mol. The Labute approximate surface area is 211 Å². The Morgan fingerprint density at radius 3 is 2.38 bits per heavy atom. The van der Waals surface area contributed by atoms with Gasteiger partial charge in [0.25, 0.3) is 5.91 Å². The zero-order valence-corrected chi connectivity index (χ0v) is 20.5. The standard InChI is InChI=1S/C21H20Cl2N6O3.ClH.H2O/c1-28(2)21(32)20-26-17(11-25-18(30)10-24)29(27-20)16-8-7-12(22)9-14(16)19(31)13-5-3-4-6-15(13)23;;/h3-9H,10-11,24H2,1-2H3,(H,25,30);1H;1H2. The average molecular weight is 530 g/mol. The van der Waals surface area contributed by atoms with Crippen LogP contribution in [-0.4, -0.2) is 63.4 Å². The van der Waals surface area contributed by atoms with E-state index in [4.69, 9.17) is 28.9 Å². The summed E-state index contributed by atoms with van der Waals surface area (Å²) < 4.78 is 1.33. The third kappa shape index (κ3) is 6.31. The van der Waals surface area contributed by atoms with Crippen LogP contribution >= 0.6 is 35.6 Å². The van der Waals surface area contributed by atoms with E-state index in [9.17, 15) is 14.4 Å². The zero-order chi connectivity index (χ0) is 23.4. The van der Waals surface area contributed by atoms with E-state index < -0.39 is 11.8 Å². The van der Waals surface area contributed by atoms with Gasteiger partial charge >= 0.3 is 0 Å². The van der Waals surface area contributed by atoms with Crippen molar-refractivity contribution in [3.05, 3.63) is 75.3 Å². The highest BCUT2D eigenvalue weighted by Crippen LogP contribution is 2.26. The van der Waals surface area contributed by atoms with Gasteiger partial charge < -0.3 is 21.4 Å². The topological polar surface area (TPSA) is 155 Å². The summed E-state index contributed by atoms with van der Waals surface area (Å²) in [4.78, 5) is 43.0. The molecule has 0 fully saturated rings. The van der Waals surface area contributed by atoms with Crippen LogP contribution < -0.4 is 11.1 Å². The van der Waals surface area contributed by atoms with Gasteiger partial charge in [0.2, 0.25) is 11.7 Å². The molecule has 0 spiro atoms. The van der Waals surface area contributed by atoms with Gasteiger partial charge in [0.1, 0.15) is 0 Å². The lowest BCUT2D eigenvalue weighted by Gasteiger charge is -2.13. The number of amides is 2. The second kappa shape index (κ2) is 12.4. The highest BCUT2D eigenvalue weighted by atomic mass is 35.5. The third-order valence-corrected chi connectivity index (χ3v) is 5.02. The SMILES string of the molecule is CN(C)C(=O)c1nc(CNC(=O)CN)n(-c2ccc(Cl)cc2C(=O)c2ccccc2Cl)n1.Cl.O. The summed E-state index contributed by atoms with van der Waals surface area (Å²) in [6.45, 7) is -0.277. The number of nitrogens with two attached hydrogens (primary N) is 1. The van der Waals surface area contributed by atoms with Crippen molar-refractivity contribution in [2.75, 3.05) is 20.6 Å². The Bertz CT molecular complexity index is 1200. The summed E-state index contributed by atoms with van der Waals surface area (Å²) in [6.07, 6.45) is 0. The molecule has 10 nitrogen and oxygen atoms in total. The lowest BCUT2D eigenvalue weighted by molar-refractivity contribution is -0.119. The van der Waals surface area contributed by atoms with Crippen LogP contribution in [0.1, 0.15) is 32.4 Å². The summed E-state index contributed by atoms with van der Waals surface area (Å²) in [5.74, 6) is -1.11. The summed E-state index contributed by atoms with van der Waals surface area (Å²) in [5, 5.41) is 7.50. The number of nitrogens with one attached hydrogen (secondary N) is 1. The average Bonchev–Trinajstić information content (AvgIpc) is 3.20. The van der Waals surface area contributed by atoms with Gasteiger partial charge in [-0.25, -0.2) is 9.67 Å². The molecule has 1 aromatic heterocycles. The first-order chi connectivity index (χ1) is 15.2. The van der Waals surface area contributed by atoms with Gasteiger partial charge in [0.05, 0.1) is 23.8 Å². The number of hydrogen-bond acceptors (Lipinski definition) is 6. The van der Waals surface area contributed by atoms with E-state index >= 15 is 0 Å². The van der Waals surface area contributed by atoms with E-state index in [0.29, 0.717) is 10.7 Å². The predicted octanol–water partition coefficient (Wildman–Crippen LogP) is 1.68. The Kier molecular flexibility index (Phi) is 10.6. The van der Waals surface area contributed by atoms with Crippen LogP contribution in [0.15, 0.2) is 42.5 Å². The van der Waals surface area contributed by atoms with Crippen molar-refractivity contribution in [2.24, 2.45) is 5.73 Å².